The summed E-state index contributed by atoms with van der Waals surface area (Å²) < 4.78 is 5.19. The van der Waals surface area contributed by atoms with Gasteiger partial charge < -0.3 is 15.2 Å². The Morgan fingerprint density at radius 2 is 2.57 bits per heavy atom. The van der Waals surface area contributed by atoms with E-state index in [4.69, 9.17) is 4.52 Å². The molecule has 1 aromatic heterocycles. The fraction of sp³-hybridized carbons (Fsp3) is 0.778. The van der Waals surface area contributed by atoms with Crippen LogP contribution in [0, 0.1) is 0 Å². The predicted molar refractivity (Wildman–Crippen MR) is 51.9 cm³/mol. The third kappa shape index (κ3) is 2.10. The van der Waals surface area contributed by atoms with Gasteiger partial charge in [0, 0.05) is 13.0 Å². The maximum absolute atomic E-state index is 5.19. The molecule has 1 aliphatic heterocycles. The third-order valence-corrected chi connectivity index (χ3v) is 2.44. The lowest BCUT2D eigenvalue weighted by molar-refractivity contribution is 0.341. The number of rotatable bonds is 4. The molecule has 2 rings (SSSR count). The molecule has 0 amide bonds. The molecule has 1 saturated heterocycles. The van der Waals surface area contributed by atoms with Gasteiger partial charge in [-0.2, -0.15) is 4.98 Å². The molecule has 14 heavy (non-hydrogen) atoms. The molecule has 1 aliphatic rings. The van der Waals surface area contributed by atoms with Crippen LogP contribution in [0.15, 0.2) is 4.52 Å². The number of hydrogen-bond acceptors (Lipinski definition) is 5. The summed E-state index contributed by atoms with van der Waals surface area (Å²) in [5, 5.41) is 10.3. The molecule has 5 nitrogen and oxygen atoms in total. The van der Waals surface area contributed by atoms with Crippen LogP contribution in [0.2, 0.25) is 0 Å². The molecule has 1 fully saturated rings. The summed E-state index contributed by atoms with van der Waals surface area (Å²) in [7, 11) is 1.92. The number of hydrogen-bond donors (Lipinski definition) is 2. The second-order valence-corrected chi connectivity index (χ2v) is 3.55. The third-order valence-electron chi connectivity index (χ3n) is 2.44. The summed E-state index contributed by atoms with van der Waals surface area (Å²) in [6.07, 6.45) is 3.12. The van der Waals surface area contributed by atoms with Crippen molar-refractivity contribution in [2.45, 2.75) is 25.3 Å². The van der Waals surface area contributed by atoms with Crippen LogP contribution in [0.3, 0.4) is 0 Å². The van der Waals surface area contributed by atoms with Crippen molar-refractivity contribution in [3.63, 3.8) is 0 Å². The quantitative estimate of drug-likeness (QED) is 0.723. The lowest BCUT2D eigenvalue weighted by Crippen LogP contribution is -2.14. The molecule has 1 atom stereocenters. The van der Waals surface area contributed by atoms with E-state index >= 15 is 0 Å². The molecule has 0 bridgehead atoms. The van der Waals surface area contributed by atoms with Crippen LogP contribution < -0.4 is 10.6 Å². The van der Waals surface area contributed by atoms with Gasteiger partial charge in [-0.15, -0.1) is 0 Å². The van der Waals surface area contributed by atoms with Crippen molar-refractivity contribution in [3.8, 4) is 0 Å². The average Bonchev–Trinajstić information content (AvgIpc) is 2.85. The highest BCUT2D eigenvalue weighted by Gasteiger charge is 2.21. The van der Waals surface area contributed by atoms with Gasteiger partial charge in [0.25, 0.3) is 0 Å². The molecule has 1 aromatic rings. The van der Waals surface area contributed by atoms with E-state index < -0.39 is 0 Å². The maximum atomic E-state index is 5.19. The second-order valence-electron chi connectivity index (χ2n) is 3.55. The first-order valence-electron chi connectivity index (χ1n) is 5.10. The molecular formula is C9H16N4O. The fourth-order valence-corrected chi connectivity index (χ4v) is 1.64. The molecule has 5 heteroatoms. The molecule has 0 aromatic carbocycles. The van der Waals surface area contributed by atoms with Crippen molar-refractivity contribution in [1.29, 1.82) is 0 Å². The van der Waals surface area contributed by atoms with E-state index in [0.29, 0.717) is 0 Å². The smallest absolute Gasteiger partial charge is 0.243 e. The Bertz CT molecular complexity index is 280. The lowest BCUT2D eigenvalue weighted by Gasteiger charge is -2.01. The van der Waals surface area contributed by atoms with E-state index in [2.05, 4.69) is 20.8 Å². The minimum absolute atomic E-state index is 0.283. The summed E-state index contributed by atoms with van der Waals surface area (Å²) in [5.74, 6) is 1.54. The van der Waals surface area contributed by atoms with Crippen LogP contribution in [0.25, 0.3) is 0 Å². The largest absolute Gasteiger partial charge is 0.338 e. The van der Waals surface area contributed by atoms with Crippen molar-refractivity contribution >= 4 is 0 Å². The van der Waals surface area contributed by atoms with Crippen molar-refractivity contribution in [2.75, 3.05) is 20.1 Å². The van der Waals surface area contributed by atoms with Crippen LogP contribution in [0.1, 0.15) is 30.6 Å². The van der Waals surface area contributed by atoms with Gasteiger partial charge in [-0.25, -0.2) is 0 Å². The lowest BCUT2D eigenvalue weighted by atomic mass is 10.2. The van der Waals surface area contributed by atoms with Gasteiger partial charge in [0.15, 0.2) is 5.82 Å². The molecule has 0 saturated carbocycles. The van der Waals surface area contributed by atoms with Crippen molar-refractivity contribution < 1.29 is 4.52 Å². The first kappa shape index (κ1) is 9.61. The maximum Gasteiger partial charge on any atom is 0.243 e. The Morgan fingerprint density at radius 3 is 3.29 bits per heavy atom. The van der Waals surface area contributed by atoms with Crippen molar-refractivity contribution in [3.05, 3.63) is 11.7 Å². The molecular weight excluding hydrogens is 180 g/mol. The Morgan fingerprint density at radius 1 is 1.64 bits per heavy atom. The van der Waals surface area contributed by atoms with E-state index in [1.54, 1.807) is 0 Å². The molecule has 0 aliphatic carbocycles. The molecule has 1 unspecified atom stereocenters. The Balaban J connectivity index is 1.94. The Hall–Kier alpha value is -0.940. The minimum atomic E-state index is 0.283. The van der Waals surface area contributed by atoms with E-state index in [1.165, 1.54) is 6.42 Å². The first-order valence-corrected chi connectivity index (χ1v) is 5.10. The summed E-state index contributed by atoms with van der Waals surface area (Å²) in [6, 6.07) is 0.283. The van der Waals surface area contributed by atoms with Crippen LogP contribution in [-0.2, 0) is 6.42 Å². The fourth-order valence-electron chi connectivity index (χ4n) is 1.64. The molecule has 2 heterocycles. The van der Waals surface area contributed by atoms with Crippen molar-refractivity contribution in [1.82, 2.24) is 20.8 Å². The van der Waals surface area contributed by atoms with Gasteiger partial charge in [0.2, 0.25) is 5.89 Å². The second kappa shape index (κ2) is 4.52. The zero-order valence-electron chi connectivity index (χ0n) is 8.42. The van der Waals surface area contributed by atoms with E-state index in [-0.39, 0.29) is 6.04 Å². The molecule has 2 N–H and O–H groups in total. The molecule has 0 spiro atoms. The number of nitrogens with one attached hydrogen (secondary N) is 2. The normalized spacial score (nSPS) is 21.6. The van der Waals surface area contributed by atoms with Crippen LogP contribution in [0.4, 0.5) is 0 Å². The summed E-state index contributed by atoms with van der Waals surface area (Å²) in [6.45, 7) is 1.94. The summed E-state index contributed by atoms with van der Waals surface area (Å²) in [4.78, 5) is 4.35. The average molecular weight is 196 g/mol. The van der Waals surface area contributed by atoms with Gasteiger partial charge >= 0.3 is 0 Å². The number of likely N-dealkylation sites (N-methyl/N-ethyl adjacent to an activating group) is 1. The molecule has 78 valence electrons. The Kier molecular flexibility index (Phi) is 3.10. The number of nitrogens with zero attached hydrogens (tertiary/aromatic N) is 2. The summed E-state index contributed by atoms with van der Waals surface area (Å²) >= 11 is 0. The minimum Gasteiger partial charge on any atom is -0.338 e. The van der Waals surface area contributed by atoms with E-state index in [0.717, 1.165) is 37.6 Å². The van der Waals surface area contributed by atoms with Gasteiger partial charge in [-0.3, -0.25) is 0 Å². The number of aromatic nitrogens is 2. The van der Waals surface area contributed by atoms with Gasteiger partial charge in [-0.1, -0.05) is 5.16 Å². The van der Waals surface area contributed by atoms with E-state index in [9.17, 15) is 0 Å². The SMILES string of the molecule is CNCCc1noc(C2CCCN2)n1. The standard InChI is InChI=1S/C9H16N4O/c1-10-6-4-8-12-9(14-13-8)7-3-2-5-11-7/h7,10-11H,2-6H2,1H3. The highest BCUT2D eigenvalue weighted by molar-refractivity contribution is 4.95. The van der Waals surface area contributed by atoms with Crippen LogP contribution in [0.5, 0.6) is 0 Å². The van der Waals surface area contributed by atoms with E-state index in [1.807, 2.05) is 7.05 Å². The van der Waals surface area contributed by atoms with Crippen LogP contribution in [-0.4, -0.2) is 30.3 Å². The zero-order chi connectivity index (χ0) is 9.80. The predicted octanol–water partition coefficient (Wildman–Crippen LogP) is 0.256. The van der Waals surface area contributed by atoms with Gasteiger partial charge in [-0.05, 0) is 26.4 Å². The topological polar surface area (TPSA) is 63.0 Å². The Labute approximate surface area is 83.3 Å². The van der Waals surface area contributed by atoms with Gasteiger partial charge in [0.05, 0.1) is 6.04 Å². The zero-order valence-corrected chi connectivity index (χ0v) is 8.42. The summed E-state index contributed by atoms with van der Waals surface area (Å²) in [5.41, 5.74) is 0. The van der Waals surface area contributed by atoms with Gasteiger partial charge in [0.1, 0.15) is 0 Å². The van der Waals surface area contributed by atoms with Crippen LogP contribution >= 0.6 is 0 Å². The first-order chi connectivity index (χ1) is 6.90. The highest BCUT2D eigenvalue weighted by Crippen LogP contribution is 2.20. The highest BCUT2D eigenvalue weighted by atomic mass is 16.5. The van der Waals surface area contributed by atoms with Crippen molar-refractivity contribution in [2.24, 2.45) is 0 Å². The monoisotopic (exact) mass is 196 g/mol. The molecule has 0 radical (unpaired) electrons.